The van der Waals surface area contributed by atoms with E-state index in [1.54, 1.807) is 11.3 Å². The minimum Gasteiger partial charge on any atom is -0.481 e. The summed E-state index contributed by atoms with van der Waals surface area (Å²) in [6.45, 7) is 1.81. The van der Waals surface area contributed by atoms with Crippen LogP contribution in [-0.2, 0) is 16.0 Å². The quantitative estimate of drug-likeness (QED) is 0.854. The molecule has 0 aliphatic heterocycles. The zero-order valence-corrected chi connectivity index (χ0v) is 13.1. The lowest BCUT2D eigenvalue weighted by atomic mass is 10.1. The number of amides is 1. The molecule has 2 aromatic rings. The van der Waals surface area contributed by atoms with E-state index in [0.717, 1.165) is 15.6 Å². The maximum atomic E-state index is 12.0. The predicted octanol–water partition coefficient (Wildman–Crippen LogP) is 3.47. The van der Waals surface area contributed by atoms with E-state index >= 15 is 0 Å². The second-order valence-electron chi connectivity index (χ2n) is 4.98. The maximum absolute atomic E-state index is 12.0. The summed E-state index contributed by atoms with van der Waals surface area (Å²) in [4.78, 5) is 22.5. The van der Waals surface area contributed by atoms with E-state index < -0.39 is 5.97 Å². The zero-order valence-electron chi connectivity index (χ0n) is 11.6. The Hall–Kier alpha value is -1.59. The Kier molecular flexibility index (Phi) is 5.20. The first kappa shape index (κ1) is 15.8. The number of hydrogen-bond acceptors (Lipinski definition) is 3. The summed E-state index contributed by atoms with van der Waals surface area (Å²) in [7, 11) is 0. The SMILES string of the molecule is CC(CCC(=O)O)NC(=O)Cc1csc2ccc(Cl)cc12. The second kappa shape index (κ2) is 6.91. The molecule has 4 nitrogen and oxygen atoms in total. The van der Waals surface area contributed by atoms with Crippen molar-refractivity contribution in [3.8, 4) is 0 Å². The van der Waals surface area contributed by atoms with Gasteiger partial charge in [0.1, 0.15) is 0 Å². The van der Waals surface area contributed by atoms with E-state index in [0.29, 0.717) is 11.4 Å². The first-order chi connectivity index (χ1) is 9.95. The number of carbonyl (C=O) groups excluding carboxylic acids is 1. The number of carboxylic acids is 1. The van der Waals surface area contributed by atoms with Crippen LogP contribution in [0.5, 0.6) is 0 Å². The summed E-state index contributed by atoms with van der Waals surface area (Å²) in [6.07, 6.45) is 0.757. The topological polar surface area (TPSA) is 66.4 Å². The van der Waals surface area contributed by atoms with Crippen LogP contribution in [0.25, 0.3) is 10.1 Å². The molecule has 21 heavy (non-hydrogen) atoms. The van der Waals surface area contributed by atoms with Crippen LogP contribution >= 0.6 is 22.9 Å². The standard InChI is InChI=1S/C15H16ClNO3S/c1-9(2-5-15(19)20)17-14(18)6-10-8-21-13-4-3-11(16)7-12(10)13/h3-4,7-9H,2,5-6H2,1H3,(H,17,18)(H,19,20). The van der Waals surface area contributed by atoms with E-state index in [9.17, 15) is 9.59 Å². The lowest BCUT2D eigenvalue weighted by Crippen LogP contribution is -2.34. The van der Waals surface area contributed by atoms with Crippen LogP contribution in [0.3, 0.4) is 0 Å². The van der Waals surface area contributed by atoms with Gasteiger partial charge in [0.15, 0.2) is 0 Å². The van der Waals surface area contributed by atoms with Crippen molar-refractivity contribution in [2.45, 2.75) is 32.2 Å². The molecule has 112 valence electrons. The molecule has 1 aromatic carbocycles. The van der Waals surface area contributed by atoms with Crippen molar-refractivity contribution in [2.24, 2.45) is 0 Å². The van der Waals surface area contributed by atoms with Gasteiger partial charge >= 0.3 is 5.97 Å². The fourth-order valence-corrected chi connectivity index (χ4v) is 3.22. The molecule has 1 amide bonds. The van der Waals surface area contributed by atoms with Gasteiger partial charge in [-0.3, -0.25) is 9.59 Å². The number of benzene rings is 1. The number of aliphatic carboxylic acids is 1. The summed E-state index contributed by atoms with van der Waals surface area (Å²) in [6, 6.07) is 5.49. The number of rotatable bonds is 6. The van der Waals surface area contributed by atoms with E-state index in [2.05, 4.69) is 5.32 Å². The Bertz CT molecular complexity index is 668. The van der Waals surface area contributed by atoms with E-state index in [-0.39, 0.29) is 24.8 Å². The number of hydrogen-bond donors (Lipinski definition) is 2. The molecule has 1 atom stereocenters. The van der Waals surface area contributed by atoms with Gasteiger partial charge in [-0.05, 0) is 47.9 Å². The van der Waals surface area contributed by atoms with Crippen molar-refractivity contribution in [1.29, 1.82) is 0 Å². The number of fused-ring (bicyclic) bond motifs is 1. The van der Waals surface area contributed by atoms with Gasteiger partial charge in [0.05, 0.1) is 6.42 Å². The number of halogens is 1. The molecule has 0 fully saturated rings. The van der Waals surface area contributed by atoms with E-state index in [4.69, 9.17) is 16.7 Å². The first-order valence-corrected chi connectivity index (χ1v) is 7.88. The Morgan fingerprint density at radius 1 is 1.43 bits per heavy atom. The molecule has 1 aromatic heterocycles. The summed E-state index contributed by atoms with van der Waals surface area (Å²) >= 11 is 7.57. The fourth-order valence-electron chi connectivity index (χ4n) is 2.10. The van der Waals surface area contributed by atoms with Crippen LogP contribution in [0, 0.1) is 0 Å². The van der Waals surface area contributed by atoms with Gasteiger partial charge in [-0.2, -0.15) is 0 Å². The van der Waals surface area contributed by atoms with Gasteiger partial charge in [0.2, 0.25) is 5.91 Å². The molecule has 0 aliphatic rings. The first-order valence-electron chi connectivity index (χ1n) is 6.62. The largest absolute Gasteiger partial charge is 0.481 e. The van der Waals surface area contributed by atoms with E-state index in [1.807, 2.05) is 30.5 Å². The Morgan fingerprint density at radius 2 is 2.19 bits per heavy atom. The summed E-state index contributed by atoms with van der Waals surface area (Å²) < 4.78 is 1.10. The average Bonchev–Trinajstić information content (AvgIpc) is 2.79. The molecule has 0 saturated carbocycles. The van der Waals surface area contributed by atoms with Gasteiger partial charge in [0, 0.05) is 22.2 Å². The van der Waals surface area contributed by atoms with Crippen molar-refractivity contribution in [3.63, 3.8) is 0 Å². The summed E-state index contributed by atoms with van der Waals surface area (Å²) in [5.41, 5.74) is 0.945. The molecule has 0 bridgehead atoms. The molecule has 2 N–H and O–H groups in total. The lowest BCUT2D eigenvalue weighted by molar-refractivity contribution is -0.137. The van der Waals surface area contributed by atoms with Crippen LogP contribution in [0.1, 0.15) is 25.3 Å². The number of carbonyl (C=O) groups is 2. The Labute approximate surface area is 131 Å². The highest BCUT2D eigenvalue weighted by atomic mass is 35.5. The molecular weight excluding hydrogens is 310 g/mol. The average molecular weight is 326 g/mol. The van der Waals surface area contributed by atoms with Gasteiger partial charge in [0.25, 0.3) is 0 Å². The Morgan fingerprint density at radius 3 is 2.90 bits per heavy atom. The van der Waals surface area contributed by atoms with E-state index in [1.165, 1.54) is 0 Å². The van der Waals surface area contributed by atoms with Gasteiger partial charge < -0.3 is 10.4 Å². The van der Waals surface area contributed by atoms with Crippen molar-refractivity contribution >= 4 is 44.9 Å². The van der Waals surface area contributed by atoms with Crippen molar-refractivity contribution < 1.29 is 14.7 Å². The molecule has 0 spiro atoms. The van der Waals surface area contributed by atoms with Gasteiger partial charge in [-0.25, -0.2) is 0 Å². The van der Waals surface area contributed by atoms with Gasteiger partial charge in [-0.15, -0.1) is 11.3 Å². The van der Waals surface area contributed by atoms with Crippen molar-refractivity contribution in [1.82, 2.24) is 5.32 Å². The lowest BCUT2D eigenvalue weighted by Gasteiger charge is -2.12. The molecule has 6 heteroatoms. The minimum absolute atomic E-state index is 0.0540. The molecule has 2 rings (SSSR count). The third-order valence-corrected chi connectivity index (χ3v) is 4.41. The molecule has 0 radical (unpaired) electrons. The van der Waals surface area contributed by atoms with Gasteiger partial charge in [-0.1, -0.05) is 11.6 Å². The highest BCUT2D eigenvalue weighted by Gasteiger charge is 2.12. The van der Waals surface area contributed by atoms with Crippen LogP contribution in [0.2, 0.25) is 5.02 Å². The molecule has 1 heterocycles. The number of thiophene rings is 1. The zero-order chi connectivity index (χ0) is 15.4. The minimum atomic E-state index is -0.852. The maximum Gasteiger partial charge on any atom is 0.303 e. The summed E-state index contributed by atoms with van der Waals surface area (Å²) in [5.74, 6) is -0.956. The summed E-state index contributed by atoms with van der Waals surface area (Å²) in [5, 5.41) is 15.1. The highest BCUT2D eigenvalue weighted by Crippen LogP contribution is 2.28. The fraction of sp³-hybridized carbons (Fsp3) is 0.333. The van der Waals surface area contributed by atoms with Crippen LogP contribution < -0.4 is 5.32 Å². The molecule has 1 unspecified atom stereocenters. The number of carboxylic acid groups (broad SMARTS) is 1. The monoisotopic (exact) mass is 325 g/mol. The number of nitrogens with one attached hydrogen (secondary N) is 1. The third-order valence-electron chi connectivity index (χ3n) is 3.17. The van der Waals surface area contributed by atoms with Crippen LogP contribution in [0.4, 0.5) is 0 Å². The smallest absolute Gasteiger partial charge is 0.303 e. The second-order valence-corrected chi connectivity index (χ2v) is 6.33. The van der Waals surface area contributed by atoms with Crippen LogP contribution in [0.15, 0.2) is 23.6 Å². The molecular formula is C15H16ClNO3S. The van der Waals surface area contributed by atoms with Crippen molar-refractivity contribution in [2.75, 3.05) is 0 Å². The normalized spacial score (nSPS) is 12.3. The molecule has 0 aliphatic carbocycles. The highest BCUT2D eigenvalue weighted by molar-refractivity contribution is 7.17. The predicted molar refractivity (Wildman–Crippen MR) is 85.0 cm³/mol. The van der Waals surface area contributed by atoms with Crippen molar-refractivity contribution in [3.05, 3.63) is 34.2 Å². The Balaban J connectivity index is 1.98. The van der Waals surface area contributed by atoms with Crippen LogP contribution in [-0.4, -0.2) is 23.0 Å². The third kappa shape index (κ3) is 4.44. The molecule has 0 saturated heterocycles.